The predicted molar refractivity (Wildman–Crippen MR) is 190 cm³/mol. The molecule has 3 amide bonds. The topological polar surface area (TPSA) is 113 Å². The highest BCUT2D eigenvalue weighted by Gasteiger charge is 2.38. The predicted octanol–water partition coefficient (Wildman–Crippen LogP) is 5.84. The summed E-state index contributed by atoms with van der Waals surface area (Å²) in [6.45, 7) is 4.87. The Bertz CT molecular complexity index is 1650. The number of methoxy groups -OCH3 is 1. The zero-order valence-electron chi connectivity index (χ0n) is 28.2. The van der Waals surface area contributed by atoms with E-state index in [1.54, 1.807) is 18.1 Å². The summed E-state index contributed by atoms with van der Waals surface area (Å²) in [5.74, 6) is 0.713. The molecule has 5 atom stereocenters. The van der Waals surface area contributed by atoms with E-state index >= 15 is 0 Å². The van der Waals surface area contributed by atoms with Crippen LogP contribution in [-0.2, 0) is 27.6 Å². The molecule has 48 heavy (non-hydrogen) atoms. The maximum absolute atomic E-state index is 14.4. The van der Waals surface area contributed by atoms with Crippen LogP contribution in [0.4, 0.5) is 10.5 Å². The molecule has 10 nitrogen and oxygen atoms in total. The first-order valence-electron chi connectivity index (χ1n) is 17.2. The molecule has 3 aliphatic heterocycles. The van der Waals surface area contributed by atoms with Crippen molar-refractivity contribution in [2.24, 2.45) is 22.1 Å². The zero-order valence-corrected chi connectivity index (χ0v) is 29.7. The Morgan fingerprint density at radius 1 is 1.10 bits per heavy atom. The average molecular weight is 698 g/mol. The summed E-state index contributed by atoms with van der Waals surface area (Å²) in [6.07, 6.45) is 9.66. The molecule has 2 fully saturated rings. The second-order valence-corrected chi connectivity index (χ2v) is 16.2. The van der Waals surface area contributed by atoms with Crippen molar-refractivity contribution in [1.82, 2.24) is 14.9 Å². The number of halogens is 1. The molecule has 260 valence electrons. The number of amides is 3. The van der Waals surface area contributed by atoms with Gasteiger partial charge >= 0.3 is 6.03 Å². The zero-order chi connectivity index (χ0) is 33.8. The molecule has 2 aromatic carbocycles. The lowest BCUT2D eigenvalue weighted by Crippen LogP contribution is -2.61. The summed E-state index contributed by atoms with van der Waals surface area (Å²) >= 11 is 6.45. The molecular formula is C36H48ClN5O5S. The van der Waals surface area contributed by atoms with Crippen molar-refractivity contribution >= 4 is 39.1 Å². The fourth-order valence-electron chi connectivity index (χ4n) is 7.20. The van der Waals surface area contributed by atoms with E-state index in [-0.39, 0.29) is 23.8 Å². The molecule has 2 N–H and O–H groups in total. The summed E-state index contributed by atoms with van der Waals surface area (Å²) < 4.78 is 33.7. The minimum absolute atomic E-state index is 0.0430. The first-order valence-corrected chi connectivity index (χ1v) is 19.2. The van der Waals surface area contributed by atoms with Crippen LogP contribution < -0.4 is 19.7 Å². The molecule has 0 spiro atoms. The lowest BCUT2D eigenvalue weighted by atomic mass is 9.70. The molecule has 2 bridgehead atoms. The van der Waals surface area contributed by atoms with Gasteiger partial charge in [-0.3, -0.25) is 9.52 Å². The number of anilines is 1. The fraction of sp³-hybridized carbons (Fsp3) is 0.556. The van der Waals surface area contributed by atoms with Crippen LogP contribution in [0.3, 0.4) is 0 Å². The van der Waals surface area contributed by atoms with Gasteiger partial charge in [0, 0.05) is 49.9 Å². The van der Waals surface area contributed by atoms with Crippen LogP contribution in [0, 0.1) is 17.8 Å². The lowest BCUT2D eigenvalue weighted by molar-refractivity contribution is 0.0133. The van der Waals surface area contributed by atoms with E-state index in [0.717, 1.165) is 49.4 Å². The average Bonchev–Trinajstić information content (AvgIpc) is 3.04. The number of allylic oxidation sites excluding steroid dienone is 1. The van der Waals surface area contributed by atoms with Gasteiger partial charge in [-0.1, -0.05) is 36.7 Å². The van der Waals surface area contributed by atoms with Crippen molar-refractivity contribution in [3.8, 4) is 5.75 Å². The summed E-state index contributed by atoms with van der Waals surface area (Å²) in [5, 5.41) is 3.86. The van der Waals surface area contributed by atoms with Gasteiger partial charge in [0.15, 0.2) is 0 Å². The first kappa shape index (κ1) is 34.7. The van der Waals surface area contributed by atoms with Gasteiger partial charge in [-0.05, 0) is 105 Å². The molecule has 1 saturated carbocycles. The molecule has 1 saturated heterocycles. The molecule has 12 heteroatoms. The van der Waals surface area contributed by atoms with E-state index in [0.29, 0.717) is 55.8 Å². The monoisotopic (exact) mass is 697 g/mol. The van der Waals surface area contributed by atoms with E-state index in [2.05, 4.69) is 43.6 Å². The Morgan fingerprint density at radius 3 is 2.69 bits per heavy atom. The first-order chi connectivity index (χ1) is 23.1. The Morgan fingerprint density at radius 2 is 1.94 bits per heavy atom. The van der Waals surface area contributed by atoms with Crippen molar-refractivity contribution in [3.63, 3.8) is 0 Å². The molecule has 2 aromatic rings. The van der Waals surface area contributed by atoms with Gasteiger partial charge in [-0.25, -0.2) is 9.00 Å². The van der Waals surface area contributed by atoms with Crippen molar-refractivity contribution in [3.05, 3.63) is 70.3 Å². The molecule has 0 radical (unpaired) electrons. The number of aryl methyl sites for hydroxylation is 1. The van der Waals surface area contributed by atoms with Crippen LogP contribution in [0.1, 0.15) is 60.5 Å². The number of hydrogen-bond donors (Lipinski definition) is 2. The number of nitrogens with zero attached hydrogens (tertiary/aromatic N) is 3. The van der Waals surface area contributed by atoms with Gasteiger partial charge in [-0.15, -0.1) is 4.36 Å². The Kier molecular flexibility index (Phi) is 11.0. The third kappa shape index (κ3) is 8.01. The lowest BCUT2D eigenvalue weighted by Gasteiger charge is -2.43. The van der Waals surface area contributed by atoms with Crippen LogP contribution in [0.2, 0.25) is 5.02 Å². The molecule has 4 aliphatic rings. The quantitative estimate of drug-likeness (QED) is 0.388. The highest BCUT2D eigenvalue weighted by atomic mass is 35.5. The van der Waals surface area contributed by atoms with Gasteiger partial charge in [0.1, 0.15) is 15.7 Å². The van der Waals surface area contributed by atoms with Gasteiger partial charge in [0.2, 0.25) is 0 Å². The Labute approximate surface area is 289 Å². The van der Waals surface area contributed by atoms with E-state index in [9.17, 15) is 13.8 Å². The van der Waals surface area contributed by atoms with Gasteiger partial charge in [0.05, 0.1) is 24.2 Å². The highest BCUT2D eigenvalue weighted by molar-refractivity contribution is 7.92. The largest absolute Gasteiger partial charge is 0.491 e. The minimum Gasteiger partial charge on any atom is -0.491 e. The fourth-order valence-corrected chi connectivity index (χ4v) is 9.28. The molecule has 1 aliphatic carbocycles. The Balaban J connectivity index is 1.42. The number of carbonyl (C=O) groups excluding carboxylic acids is 2. The molecule has 0 aromatic heterocycles. The summed E-state index contributed by atoms with van der Waals surface area (Å²) in [6, 6.07) is 11.2. The van der Waals surface area contributed by atoms with Gasteiger partial charge in [-0.2, -0.15) is 0 Å². The van der Waals surface area contributed by atoms with Crippen molar-refractivity contribution in [1.29, 1.82) is 0 Å². The number of urea groups is 1. The third-order valence-electron chi connectivity index (χ3n) is 10.2. The maximum atomic E-state index is 14.4. The highest BCUT2D eigenvalue weighted by Crippen LogP contribution is 2.42. The minimum atomic E-state index is -3.45. The number of rotatable bonds is 3. The normalized spacial score (nSPS) is 29.0. The van der Waals surface area contributed by atoms with E-state index < -0.39 is 21.9 Å². The van der Waals surface area contributed by atoms with Crippen LogP contribution in [0.15, 0.2) is 52.9 Å². The van der Waals surface area contributed by atoms with Crippen molar-refractivity contribution in [2.75, 3.05) is 51.1 Å². The molecule has 3 heterocycles. The number of fused-ring (bicyclic) bond motifs is 3. The van der Waals surface area contributed by atoms with E-state index in [1.165, 1.54) is 11.1 Å². The van der Waals surface area contributed by atoms with Gasteiger partial charge in [0.25, 0.3) is 5.91 Å². The second kappa shape index (κ2) is 15.2. The third-order valence-corrected chi connectivity index (χ3v) is 12.4. The maximum Gasteiger partial charge on any atom is 0.329 e. The smallest absolute Gasteiger partial charge is 0.329 e. The number of likely N-dealkylation sites (tertiary alicyclic amines) is 1. The molecule has 1 unspecified atom stereocenters. The van der Waals surface area contributed by atoms with Gasteiger partial charge < -0.3 is 24.6 Å². The number of benzene rings is 2. The van der Waals surface area contributed by atoms with Crippen molar-refractivity contribution in [2.45, 2.75) is 64.1 Å². The Hall–Kier alpha value is -3.12. The number of likely N-dealkylation sites (N-methyl/N-ethyl adjacent to an activating group) is 1. The van der Waals surface area contributed by atoms with Crippen LogP contribution in [0.25, 0.3) is 0 Å². The van der Waals surface area contributed by atoms with Crippen LogP contribution in [-0.4, -0.2) is 79.3 Å². The van der Waals surface area contributed by atoms with Crippen LogP contribution in [0.5, 0.6) is 5.75 Å². The summed E-state index contributed by atoms with van der Waals surface area (Å²) in [4.78, 5) is 30.9. The number of ether oxygens (including phenoxy) is 2. The number of nitrogens with one attached hydrogen (secondary N) is 2. The number of hydrogen-bond acceptors (Lipinski definition) is 7. The second-order valence-electron chi connectivity index (χ2n) is 13.8. The molecule has 6 rings (SSSR count). The SMILES string of the molecule is CNC1CN(C(=O)NS2(=O)=NC(=O)c3ccc4c(c3)N(Cc3ccc(Cl)cc3CCCCO4)C[C@@H]3CC[C@H]3[C@@H](OC)/C=C/C[C@H](C)C2)C1. The standard InChI is InChI=1S/C36H48ClN5O5S/c1-24-7-6-9-33(46-3)31-14-11-28(31)20-41-19-27-10-13-29(37)17-25(27)8-4-5-16-47-34-15-12-26(18-32(34)41)35(43)39-48(45,23-24)40-36(44)42-21-30(22-42)38-2/h6,9-10,12-13,15,17-18,24,28,30-31,33,38H,4-5,7-8,11,14,16,19-23H2,1-3H3,(H,39,40,43,44,45)/b9-6+/t24-,28-,31+,33-,48?/m0/s1. The summed E-state index contributed by atoms with van der Waals surface area (Å²) in [5.41, 5.74) is 3.50. The molecular weight excluding hydrogens is 650 g/mol. The van der Waals surface area contributed by atoms with E-state index in [1.807, 2.05) is 32.2 Å². The van der Waals surface area contributed by atoms with Crippen molar-refractivity contribution < 1.29 is 23.3 Å². The van der Waals surface area contributed by atoms with E-state index in [4.69, 9.17) is 21.1 Å². The summed E-state index contributed by atoms with van der Waals surface area (Å²) in [7, 11) is 0.153. The van der Waals surface area contributed by atoms with Crippen LogP contribution >= 0.6 is 11.6 Å². The number of carbonyl (C=O) groups is 2.